The van der Waals surface area contributed by atoms with Gasteiger partial charge in [-0.2, -0.15) is 0 Å². The third-order valence-corrected chi connectivity index (χ3v) is 7.29. The molecule has 1 saturated carbocycles. The predicted molar refractivity (Wildman–Crippen MR) is 153 cm³/mol. The summed E-state index contributed by atoms with van der Waals surface area (Å²) >= 11 is 0. The van der Waals surface area contributed by atoms with E-state index in [9.17, 15) is 14.7 Å². The summed E-state index contributed by atoms with van der Waals surface area (Å²) < 4.78 is 1.94. The SMILES string of the molecule is CC(=O)Nc1cccc(-c2ccc3nc(-c4cccnc4N)n(-c4ccc(C5(NC(=O)O)CCC5)cc4)c3n2)c1. The van der Waals surface area contributed by atoms with Gasteiger partial charge in [-0.25, -0.2) is 19.7 Å². The van der Waals surface area contributed by atoms with Crippen molar-refractivity contribution in [3.63, 3.8) is 0 Å². The normalized spacial score (nSPS) is 13.9. The molecule has 0 unspecified atom stereocenters. The Morgan fingerprint density at radius 2 is 1.80 bits per heavy atom. The van der Waals surface area contributed by atoms with Gasteiger partial charge in [0.05, 0.1) is 16.8 Å². The van der Waals surface area contributed by atoms with Crippen LogP contribution in [0.25, 0.3) is 39.5 Å². The van der Waals surface area contributed by atoms with Crippen molar-refractivity contribution < 1.29 is 14.7 Å². The van der Waals surface area contributed by atoms with E-state index in [0.29, 0.717) is 39.8 Å². The van der Waals surface area contributed by atoms with E-state index in [1.54, 1.807) is 6.20 Å². The maximum Gasteiger partial charge on any atom is 0.405 e. The highest BCUT2D eigenvalue weighted by Crippen LogP contribution is 2.42. The van der Waals surface area contributed by atoms with Crippen LogP contribution < -0.4 is 16.4 Å². The van der Waals surface area contributed by atoms with Gasteiger partial charge in [0.1, 0.15) is 11.3 Å². The van der Waals surface area contributed by atoms with Crippen LogP contribution in [0.15, 0.2) is 79.0 Å². The second-order valence-electron chi connectivity index (χ2n) is 9.92. The molecule has 2 aromatic carbocycles. The van der Waals surface area contributed by atoms with Gasteiger partial charge in [-0.15, -0.1) is 0 Å². The van der Waals surface area contributed by atoms with Crippen LogP contribution in [0.5, 0.6) is 0 Å². The Hall–Kier alpha value is -5.25. The van der Waals surface area contributed by atoms with E-state index < -0.39 is 11.6 Å². The van der Waals surface area contributed by atoms with Crippen molar-refractivity contribution in [3.05, 3.63) is 84.6 Å². The van der Waals surface area contributed by atoms with E-state index in [1.807, 2.05) is 77.4 Å². The van der Waals surface area contributed by atoms with E-state index in [-0.39, 0.29) is 5.91 Å². The zero-order chi connectivity index (χ0) is 27.9. The second kappa shape index (κ2) is 9.81. The van der Waals surface area contributed by atoms with Crippen LogP contribution in [0.4, 0.5) is 16.3 Å². The van der Waals surface area contributed by atoms with Crippen LogP contribution in [0.2, 0.25) is 0 Å². The van der Waals surface area contributed by atoms with Crippen molar-refractivity contribution >= 4 is 34.7 Å². The molecule has 0 spiro atoms. The number of anilines is 2. The smallest absolute Gasteiger partial charge is 0.405 e. The Balaban J connectivity index is 1.50. The van der Waals surface area contributed by atoms with Gasteiger partial charge in [0.15, 0.2) is 11.5 Å². The molecular formula is C30H27N7O3. The molecule has 0 atom stereocenters. The number of amides is 2. The topological polar surface area (TPSA) is 148 Å². The molecule has 3 aromatic heterocycles. The first-order valence-electron chi connectivity index (χ1n) is 12.9. The first kappa shape index (κ1) is 25.1. The number of nitrogen functional groups attached to an aromatic ring is 1. The third kappa shape index (κ3) is 4.49. The number of hydrogen-bond acceptors (Lipinski definition) is 6. The van der Waals surface area contributed by atoms with Crippen LogP contribution in [0.1, 0.15) is 31.7 Å². The number of nitrogens with zero attached hydrogens (tertiary/aromatic N) is 4. The number of rotatable bonds is 6. The summed E-state index contributed by atoms with van der Waals surface area (Å²) in [5.74, 6) is 0.785. The number of imidazole rings is 1. The Labute approximate surface area is 229 Å². The molecule has 1 aliphatic rings. The van der Waals surface area contributed by atoms with Gasteiger partial charge >= 0.3 is 6.09 Å². The van der Waals surface area contributed by atoms with Crippen molar-refractivity contribution in [2.24, 2.45) is 0 Å². The number of benzene rings is 2. The molecule has 10 nitrogen and oxygen atoms in total. The van der Waals surface area contributed by atoms with Gasteiger partial charge in [0.2, 0.25) is 5.91 Å². The first-order valence-corrected chi connectivity index (χ1v) is 12.9. The fourth-order valence-corrected chi connectivity index (χ4v) is 5.26. The van der Waals surface area contributed by atoms with Crippen molar-refractivity contribution in [1.82, 2.24) is 24.8 Å². The average molecular weight is 534 g/mol. The Kier molecular flexibility index (Phi) is 6.14. The maximum atomic E-state index is 11.6. The molecule has 2 amide bonds. The highest BCUT2D eigenvalue weighted by molar-refractivity contribution is 5.90. The predicted octanol–water partition coefficient (Wildman–Crippen LogP) is 5.34. The Morgan fingerprint density at radius 1 is 1.00 bits per heavy atom. The van der Waals surface area contributed by atoms with Gasteiger partial charge in [-0.3, -0.25) is 9.36 Å². The zero-order valence-electron chi connectivity index (χ0n) is 21.8. The van der Waals surface area contributed by atoms with Crippen molar-refractivity contribution in [3.8, 4) is 28.3 Å². The molecule has 5 aromatic rings. The number of nitrogens with two attached hydrogens (primary N) is 1. The Morgan fingerprint density at radius 3 is 2.48 bits per heavy atom. The molecule has 40 heavy (non-hydrogen) atoms. The Bertz CT molecular complexity index is 1760. The monoisotopic (exact) mass is 533 g/mol. The number of carboxylic acid groups (broad SMARTS) is 1. The molecule has 5 N–H and O–H groups in total. The van der Waals surface area contributed by atoms with Crippen molar-refractivity contribution in [1.29, 1.82) is 0 Å². The van der Waals surface area contributed by atoms with Crippen molar-refractivity contribution in [2.75, 3.05) is 11.1 Å². The number of fused-ring (bicyclic) bond motifs is 1. The lowest BCUT2D eigenvalue weighted by atomic mass is 9.72. The van der Waals surface area contributed by atoms with Gasteiger partial charge in [0.25, 0.3) is 0 Å². The van der Waals surface area contributed by atoms with E-state index in [4.69, 9.17) is 15.7 Å². The lowest BCUT2D eigenvalue weighted by molar-refractivity contribution is -0.114. The molecule has 10 heteroatoms. The number of nitrogens with one attached hydrogen (secondary N) is 2. The maximum absolute atomic E-state index is 11.6. The van der Waals surface area contributed by atoms with Gasteiger partial charge in [-0.1, -0.05) is 24.3 Å². The lowest BCUT2D eigenvalue weighted by Crippen LogP contribution is -2.50. The number of carbonyl (C=O) groups excluding carboxylic acids is 1. The van der Waals surface area contributed by atoms with E-state index in [2.05, 4.69) is 15.6 Å². The van der Waals surface area contributed by atoms with E-state index in [1.165, 1.54) is 6.92 Å². The highest BCUT2D eigenvalue weighted by Gasteiger charge is 2.40. The average Bonchev–Trinajstić information content (AvgIpc) is 3.29. The van der Waals surface area contributed by atoms with E-state index >= 15 is 0 Å². The van der Waals surface area contributed by atoms with Crippen LogP contribution in [-0.2, 0) is 10.3 Å². The summed E-state index contributed by atoms with van der Waals surface area (Å²) in [6.07, 6.45) is 3.08. The highest BCUT2D eigenvalue weighted by atomic mass is 16.4. The molecule has 6 rings (SSSR count). The fourth-order valence-electron chi connectivity index (χ4n) is 5.26. The minimum atomic E-state index is -1.03. The van der Waals surface area contributed by atoms with Gasteiger partial charge in [0, 0.05) is 30.1 Å². The minimum Gasteiger partial charge on any atom is -0.465 e. The molecule has 0 aliphatic heterocycles. The van der Waals surface area contributed by atoms with E-state index in [0.717, 1.165) is 36.1 Å². The van der Waals surface area contributed by atoms with Crippen LogP contribution in [0, 0.1) is 0 Å². The van der Waals surface area contributed by atoms with Gasteiger partial charge in [-0.05, 0) is 73.4 Å². The molecule has 1 aliphatic carbocycles. The van der Waals surface area contributed by atoms with Crippen LogP contribution in [-0.4, -0.2) is 36.6 Å². The standard InChI is InChI=1S/C30H27N7O3/c1-18(38)33-21-6-2-5-19(17-21)24-12-13-25-28(34-24)37(27(35-25)23-7-3-16-32-26(23)31)22-10-8-20(9-11-22)30(14-4-15-30)36-29(39)40/h2-3,5-13,16-17,36H,4,14-15H2,1H3,(H2,31,32)(H,33,38)(H,39,40). The third-order valence-electron chi connectivity index (χ3n) is 7.29. The summed E-state index contributed by atoms with van der Waals surface area (Å²) in [5.41, 5.74) is 11.6. The molecule has 1 fully saturated rings. The van der Waals surface area contributed by atoms with Gasteiger partial charge < -0.3 is 21.5 Å². The molecule has 200 valence electrons. The summed E-state index contributed by atoms with van der Waals surface area (Å²) in [6, 6.07) is 22.8. The number of hydrogen-bond donors (Lipinski definition) is 4. The molecule has 3 heterocycles. The molecule has 0 saturated heterocycles. The van der Waals surface area contributed by atoms with Crippen LogP contribution >= 0.6 is 0 Å². The first-order chi connectivity index (χ1) is 19.3. The number of pyridine rings is 2. The molecular weight excluding hydrogens is 506 g/mol. The minimum absolute atomic E-state index is 0.150. The summed E-state index contributed by atoms with van der Waals surface area (Å²) in [6.45, 7) is 1.47. The number of aromatic nitrogens is 4. The summed E-state index contributed by atoms with van der Waals surface area (Å²) in [5, 5.41) is 14.9. The van der Waals surface area contributed by atoms with Crippen molar-refractivity contribution in [2.45, 2.75) is 31.7 Å². The number of carbonyl (C=O) groups is 2. The largest absolute Gasteiger partial charge is 0.465 e. The lowest BCUT2D eigenvalue weighted by Gasteiger charge is -2.42. The molecule has 0 bridgehead atoms. The fraction of sp³-hybridized carbons (Fsp3) is 0.167. The van der Waals surface area contributed by atoms with Crippen LogP contribution in [0.3, 0.4) is 0 Å². The summed E-state index contributed by atoms with van der Waals surface area (Å²) in [4.78, 5) is 37.2. The second-order valence-corrected chi connectivity index (χ2v) is 9.92. The molecule has 0 radical (unpaired) electrons. The summed E-state index contributed by atoms with van der Waals surface area (Å²) in [7, 11) is 0. The quantitative estimate of drug-likeness (QED) is 0.230. The zero-order valence-corrected chi connectivity index (χ0v) is 21.8.